The monoisotopic (exact) mass is 310 g/mol. The van der Waals surface area contributed by atoms with Crippen LogP contribution in [0, 0.1) is 0 Å². The number of thiazole rings is 1. The summed E-state index contributed by atoms with van der Waals surface area (Å²) in [5.41, 5.74) is 0.231. The molecule has 0 saturated carbocycles. The second-order valence-electron chi connectivity index (χ2n) is 3.96. The van der Waals surface area contributed by atoms with Crippen molar-refractivity contribution in [2.24, 2.45) is 0 Å². The molecule has 1 N–H and O–H groups in total. The van der Waals surface area contributed by atoms with Gasteiger partial charge in [-0.2, -0.15) is 0 Å². The molecule has 2 heterocycles. The number of esters is 1. The molecule has 0 radical (unpaired) electrons. The predicted octanol–water partition coefficient (Wildman–Crippen LogP) is 2.55. The van der Waals surface area contributed by atoms with Crippen LogP contribution in [0.4, 0.5) is 0 Å². The molecule has 0 aromatic carbocycles. The number of aromatic nitrogens is 1. The van der Waals surface area contributed by atoms with E-state index in [2.05, 4.69) is 10.3 Å². The van der Waals surface area contributed by atoms with Gasteiger partial charge >= 0.3 is 5.97 Å². The van der Waals surface area contributed by atoms with Crippen LogP contribution in [0.2, 0.25) is 0 Å². The highest BCUT2D eigenvalue weighted by atomic mass is 32.1. The molecular weight excluding hydrogens is 296 g/mol. The summed E-state index contributed by atoms with van der Waals surface area (Å²) in [5.74, 6) is -0.891. The summed E-state index contributed by atoms with van der Waals surface area (Å²) < 4.78 is 5.08. The van der Waals surface area contributed by atoms with Crippen molar-refractivity contribution in [3.63, 3.8) is 0 Å². The summed E-state index contributed by atoms with van der Waals surface area (Å²) in [6.07, 6.45) is -0.825. The number of carbonyl (C=O) groups excluding carboxylic acids is 2. The first kappa shape index (κ1) is 14.7. The first-order valence-corrected chi connectivity index (χ1v) is 7.85. The number of carbonyl (C=O) groups is 2. The van der Waals surface area contributed by atoms with E-state index in [9.17, 15) is 9.59 Å². The Morgan fingerprint density at radius 2 is 2.25 bits per heavy atom. The number of amides is 1. The van der Waals surface area contributed by atoms with Crippen molar-refractivity contribution < 1.29 is 14.3 Å². The number of rotatable bonds is 5. The summed E-state index contributed by atoms with van der Waals surface area (Å²) in [6.45, 7) is 3.84. The minimum absolute atomic E-state index is 0.231. The molecule has 0 aliphatic heterocycles. The van der Waals surface area contributed by atoms with E-state index in [1.54, 1.807) is 23.6 Å². The Bertz CT molecular complexity index is 593. The third-order valence-electron chi connectivity index (χ3n) is 2.45. The summed E-state index contributed by atoms with van der Waals surface area (Å²) in [4.78, 5) is 28.6. The highest BCUT2D eigenvalue weighted by Gasteiger charge is 2.20. The molecule has 2 rings (SSSR count). The van der Waals surface area contributed by atoms with Gasteiger partial charge in [-0.1, -0.05) is 6.07 Å². The topological polar surface area (TPSA) is 68.3 Å². The molecule has 1 amide bonds. The number of ether oxygens (including phenoxy) is 1. The van der Waals surface area contributed by atoms with Gasteiger partial charge in [0.05, 0.1) is 4.88 Å². The molecule has 0 unspecified atom stereocenters. The summed E-state index contributed by atoms with van der Waals surface area (Å²) in [6, 6.07) is 3.87. The van der Waals surface area contributed by atoms with Crippen LogP contribution < -0.4 is 5.32 Å². The van der Waals surface area contributed by atoms with Crippen molar-refractivity contribution >= 4 is 34.6 Å². The van der Waals surface area contributed by atoms with Gasteiger partial charge < -0.3 is 10.1 Å². The molecule has 5 nitrogen and oxygen atoms in total. The van der Waals surface area contributed by atoms with Crippen molar-refractivity contribution in [2.45, 2.75) is 20.0 Å². The summed E-state index contributed by atoms with van der Waals surface area (Å²) in [5, 5.41) is 6.96. The van der Waals surface area contributed by atoms with E-state index < -0.39 is 12.1 Å². The first-order chi connectivity index (χ1) is 9.61. The Morgan fingerprint density at radius 3 is 2.90 bits per heavy atom. The number of nitrogens with one attached hydrogen (secondary N) is 1. The van der Waals surface area contributed by atoms with Crippen LogP contribution in [-0.4, -0.2) is 29.5 Å². The maximum absolute atomic E-state index is 11.9. The average Bonchev–Trinajstić information content (AvgIpc) is 3.09. The Balaban J connectivity index is 2.01. The van der Waals surface area contributed by atoms with Gasteiger partial charge in [0.15, 0.2) is 11.8 Å². The lowest BCUT2D eigenvalue weighted by atomic mass is 10.3. The van der Waals surface area contributed by atoms with Crippen molar-refractivity contribution in [1.82, 2.24) is 10.3 Å². The summed E-state index contributed by atoms with van der Waals surface area (Å²) >= 11 is 2.94. The highest BCUT2D eigenvalue weighted by molar-refractivity contribution is 7.20. The molecule has 1 atom stereocenters. The van der Waals surface area contributed by atoms with Crippen molar-refractivity contribution in [1.29, 1.82) is 0 Å². The third kappa shape index (κ3) is 3.43. The van der Waals surface area contributed by atoms with E-state index in [1.807, 2.05) is 17.5 Å². The largest absolute Gasteiger partial charge is 0.448 e. The van der Waals surface area contributed by atoms with E-state index in [1.165, 1.54) is 18.3 Å². The fourth-order valence-electron chi connectivity index (χ4n) is 1.47. The molecule has 7 heteroatoms. The quantitative estimate of drug-likeness (QED) is 0.862. The van der Waals surface area contributed by atoms with E-state index in [-0.39, 0.29) is 11.6 Å². The van der Waals surface area contributed by atoms with Gasteiger partial charge in [0.2, 0.25) is 0 Å². The van der Waals surface area contributed by atoms with E-state index in [0.29, 0.717) is 6.54 Å². The lowest BCUT2D eigenvalue weighted by Gasteiger charge is -2.11. The smallest absolute Gasteiger partial charge is 0.358 e. The zero-order valence-electron chi connectivity index (χ0n) is 11.1. The van der Waals surface area contributed by atoms with Crippen LogP contribution in [-0.2, 0) is 9.53 Å². The van der Waals surface area contributed by atoms with Gasteiger partial charge in [-0.05, 0) is 25.3 Å². The van der Waals surface area contributed by atoms with Gasteiger partial charge in [-0.3, -0.25) is 4.79 Å². The van der Waals surface area contributed by atoms with Gasteiger partial charge in [-0.25, -0.2) is 9.78 Å². The normalized spacial score (nSPS) is 11.9. The molecule has 0 aliphatic rings. The Hall–Kier alpha value is -1.73. The first-order valence-electron chi connectivity index (χ1n) is 6.10. The van der Waals surface area contributed by atoms with Crippen LogP contribution >= 0.6 is 22.7 Å². The van der Waals surface area contributed by atoms with Crippen molar-refractivity contribution in [3.05, 3.63) is 28.6 Å². The van der Waals surface area contributed by atoms with Gasteiger partial charge in [-0.15, -0.1) is 22.7 Å². The molecule has 0 spiro atoms. The number of hydrogen-bond donors (Lipinski definition) is 1. The van der Waals surface area contributed by atoms with Gasteiger partial charge in [0.25, 0.3) is 5.91 Å². The van der Waals surface area contributed by atoms with E-state index >= 15 is 0 Å². The van der Waals surface area contributed by atoms with Crippen LogP contribution in [0.1, 0.15) is 24.3 Å². The van der Waals surface area contributed by atoms with Crippen LogP contribution in [0.5, 0.6) is 0 Å². The summed E-state index contributed by atoms with van der Waals surface area (Å²) in [7, 11) is 0. The molecule has 2 aromatic rings. The lowest BCUT2D eigenvalue weighted by Crippen LogP contribution is -2.35. The van der Waals surface area contributed by atoms with Crippen LogP contribution in [0.15, 0.2) is 22.9 Å². The molecule has 0 fully saturated rings. The maximum atomic E-state index is 11.9. The molecule has 106 valence electrons. The van der Waals surface area contributed by atoms with Crippen LogP contribution in [0.3, 0.4) is 0 Å². The minimum atomic E-state index is -0.825. The Labute approximate surface area is 124 Å². The predicted molar refractivity (Wildman–Crippen MR) is 79.0 cm³/mol. The number of thiophene rings is 1. The SMILES string of the molecule is CCNC(=O)[C@@H](C)OC(=O)c1csc(-c2cccs2)n1. The fourth-order valence-corrected chi connectivity index (χ4v) is 3.08. The number of nitrogens with zero attached hydrogens (tertiary/aromatic N) is 1. The van der Waals surface area contributed by atoms with E-state index in [4.69, 9.17) is 4.74 Å². The van der Waals surface area contributed by atoms with Crippen molar-refractivity contribution in [3.8, 4) is 9.88 Å². The van der Waals surface area contributed by atoms with Crippen molar-refractivity contribution in [2.75, 3.05) is 6.54 Å². The maximum Gasteiger partial charge on any atom is 0.358 e. The fraction of sp³-hybridized carbons (Fsp3) is 0.308. The molecule has 2 aromatic heterocycles. The second kappa shape index (κ2) is 6.62. The van der Waals surface area contributed by atoms with Gasteiger partial charge in [0, 0.05) is 11.9 Å². The minimum Gasteiger partial charge on any atom is -0.448 e. The number of hydrogen-bond acceptors (Lipinski definition) is 6. The standard InChI is InChI=1S/C13H14N2O3S2/c1-3-14-11(16)8(2)18-13(17)9-7-20-12(15-9)10-5-4-6-19-10/h4-8H,3H2,1-2H3,(H,14,16)/t8-/m1/s1. The van der Waals surface area contributed by atoms with E-state index in [0.717, 1.165) is 9.88 Å². The zero-order chi connectivity index (χ0) is 14.5. The second-order valence-corrected chi connectivity index (χ2v) is 5.76. The third-order valence-corrected chi connectivity index (χ3v) is 4.33. The average molecular weight is 310 g/mol. The Morgan fingerprint density at radius 1 is 1.45 bits per heavy atom. The molecule has 0 aliphatic carbocycles. The zero-order valence-corrected chi connectivity index (χ0v) is 12.7. The van der Waals surface area contributed by atoms with Crippen LogP contribution in [0.25, 0.3) is 9.88 Å². The Kier molecular flexibility index (Phi) is 4.86. The van der Waals surface area contributed by atoms with Gasteiger partial charge in [0.1, 0.15) is 5.01 Å². The molecular formula is C13H14N2O3S2. The molecule has 0 saturated heterocycles. The molecule has 20 heavy (non-hydrogen) atoms. The lowest BCUT2D eigenvalue weighted by molar-refractivity contribution is -0.128. The number of likely N-dealkylation sites (N-methyl/N-ethyl adjacent to an activating group) is 1. The highest BCUT2D eigenvalue weighted by Crippen LogP contribution is 2.28. The molecule has 0 bridgehead atoms.